The zero-order valence-corrected chi connectivity index (χ0v) is 9.68. The molecule has 0 amide bonds. The van der Waals surface area contributed by atoms with E-state index in [0.717, 1.165) is 13.0 Å². The third kappa shape index (κ3) is 3.22. The number of thiophene rings is 1. The fraction of sp³-hybridized carbons (Fsp3) is 0.333. The van der Waals surface area contributed by atoms with Crippen LogP contribution in [-0.4, -0.2) is 11.0 Å². The van der Waals surface area contributed by atoms with Crippen LogP contribution < -0.4 is 5.32 Å². The Kier molecular flexibility index (Phi) is 3.59. The molecule has 3 heteroatoms. The molecule has 1 unspecified atom stereocenters. The van der Waals surface area contributed by atoms with Crippen LogP contribution in [0.1, 0.15) is 18.2 Å². The largest absolute Gasteiger partial charge is 0.364 e. The summed E-state index contributed by atoms with van der Waals surface area (Å²) in [5.74, 6) is 0. The molecule has 80 valence electrons. The molecule has 0 radical (unpaired) electrons. The number of nitrogens with one attached hydrogen (secondary N) is 2. The second-order valence-electron chi connectivity index (χ2n) is 3.81. The lowest BCUT2D eigenvalue weighted by atomic mass is 10.1. The Bertz CT molecular complexity index is 364. The van der Waals surface area contributed by atoms with Gasteiger partial charge in [0.15, 0.2) is 0 Å². The Labute approximate surface area is 94.3 Å². The van der Waals surface area contributed by atoms with E-state index in [4.69, 9.17) is 0 Å². The van der Waals surface area contributed by atoms with Gasteiger partial charge >= 0.3 is 0 Å². The van der Waals surface area contributed by atoms with E-state index in [0.29, 0.717) is 6.04 Å². The standard InChI is InChI=1S/C12H16N2S/c1-10(7-11-4-6-15-9-11)14-8-12-3-2-5-13-12/h2-6,9-10,13-14H,7-8H2,1H3. The van der Waals surface area contributed by atoms with E-state index >= 15 is 0 Å². The summed E-state index contributed by atoms with van der Waals surface area (Å²) in [4.78, 5) is 3.19. The molecular weight excluding hydrogens is 204 g/mol. The molecule has 0 aliphatic heterocycles. The molecule has 2 heterocycles. The van der Waals surface area contributed by atoms with Crippen LogP contribution in [0.2, 0.25) is 0 Å². The number of hydrogen-bond acceptors (Lipinski definition) is 2. The Morgan fingerprint density at radius 2 is 2.40 bits per heavy atom. The summed E-state index contributed by atoms with van der Waals surface area (Å²) >= 11 is 1.76. The van der Waals surface area contributed by atoms with Crippen molar-refractivity contribution in [2.24, 2.45) is 0 Å². The van der Waals surface area contributed by atoms with Crippen LogP contribution in [0.25, 0.3) is 0 Å². The lowest BCUT2D eigenvalue weighted by molar-refractivity contribution is 0.541. The zero-order chi connectivity index (χ0) is 10.5. The Morgan fingerprint density at radius 3 is 3.07 bits per heavy atom. The molecule has 2 N–H and O–H groups in total. The summed E-state index contributed by atoms with van der Waals surface area (Å²) in [7, 11) is 0. The van der Waals surface area contributed by atoms with Gasteiger partial charge in [-0.05, 0) is 47.9 Å². The summed E-state index contributed by atoms with van der Waals surface area (Å²) in [5, 5.41) is 7.84. The van der Waals surface area contributed by atoms with Gasteiger partial charge in [-0.1, -0.05) is 0 Å². The fourth-order valence-corrected chi connectivity index (χ4v) is 2.28. The summed E-state index contributed by atoms with van der Waals surface area (Å²) in [6.45, 7) is 3.14. The average molecular weight is 220 g/mol. The van der Waals surface area contributed by atoms with Crippen molar-refractivity contribution in [1.82, 2.24) is 10.3 Å². The zero-order valence-electron chi connectivity index (χ0n) is 8.86. The van der Waals surface area contributed by atoms with E-state index in [2.05, 4.69) is 40.1 Å². The number of hydrogen-bond donors (Lipinski definition) is 2. The summed E-state index contributed by atoms with van der Waals surface area (Å²) < 4.78 is 0. The molecule has 1 atom stereocenters. The Hall–Kier alpha value is -1.06. The molecule has 2 aromatic rings. The van der Waals surface area contributed by atoms with Gasteiger partial charge in [-0.15, -0.1) is 0 Å². The van der Waals surface area contributed by atoms with Crippen molar-refractivity contribution < 1.29 is 0 Å². The molecule has 2 nitrogen and oxygen atoms in total. The molecule has 0 bridgehead atoms. The summed E-state index contributed by atoms with van der Waals surface area (Å²) in [6, 6.07) is 6.84. The van der Waals surface area contributed by atoms with E-state index in [1.165, 1.54) is 11.3 Å². The quantitative estimate of drug-likeness (QED) is 0.796. The van der Waals surface area contributed by atoms with Gasteiger partial charge < -0.3 is 10.3 Å². The number of rotatable bonds is 5. The molecule has 2 aromatic heterocycles. The van der Waals surface area contributed by atoms with Gasteiger partial charge in [0.1, 0.15) is 0 Å². The predicted molar refractivity (Wildman–Crippen MR) is 65.1 cm³/mol. The Morgan fingerprint density at radius 1 is 1.47 bits per heavy atom. The minimum absolute atomic E-state index is 0.517. The minimum Gasteiger partial charge on any atom is -0.364 e. The topological polar surface area (TPSA) is 27.8 Å². The molecule has 0 aliphatic rings. The molecule has 0 saturated carbocycles. The summed E-state index contributed by atoms with van der Waals surface area (Å²) in [5.41, 5.74) is 2.67. The van der Waals surface area contributed by atoms with E-state index < -0.39 is 0 Å². The minimum atomic E-state index is 0.517. The van der Waals surface area contributed by atoms with Gasteiger partial charge in [-0.2, -0.15) is 11.3 Å². The lowest BCUT2D eigenvalue weighted by Gasteiger charge is -2.12. The van der Waals surface area contributed by atoms with Crippen molar-refractivity contribution in [3.8, 4) is 0 Å². The smallest absolute Gasteiger partial charge is 0.0359 e. The third-order valence-electron chi connectivity index (χ3n) is 2.43. The maximum Gasteiger partial charge on any atom is 0.0359 e. The van der Waals surface area contributed by atoms with Gasteiger partial charge in [-0.25, -0.2) is 0 Å². The van der Waals surface area contributed by atoms with E-state index in [-0.39, 0.29) is 0 Å². The van der Waals surface area contributed by atoms with Crippen LogP contribution >= 0.6 is 11.3 Å². The maximum atomic E-state index is 3.50. The van der Waals surface area contributed by atoms with Crippen LogP contribution in [0.5, 0.6) is 0 Å². The first kappa shape index (κ1) is 10.5. The first-order valence-corrected chi connectivity index (χ1v) is 6.15. The molecule has 0 aromatic carbocycles. The van der Waals surface area contributed by atoms with Gasteiger partial charge in [0.2, 0.25) is 0 Å². The van der Waals surface area contributed by atoms with Crippen molar-refractivity contribution >= 4 is 11.3 Å². The number of aromatic amines is 1. The fourth-order valence-electron chi connectivity index (χ4n) is 1.60. The molecular formula is C12H16N2S. The first-order chi connectivity index (χ1) is 7.34. The van der Waals surface area contributed by atoms with E-state index in [9.17, 15) is 0 Å². The highest BCUT2D eigenvalue weighted by molar-refractivity contribution is 7.07. The monoisotopic (exact) mass is 220 g/mol. The van der Waals surface area contributed by atoms with Crippen molar-refractivity contribution in [3.05, 3.63) is 46.4 Å². The van der Waals surface area contributed by atoms with Crippen LogP contribution in [0.15, 0.2) is 35.2 Å². The van der Waals surface area contributed by atoms with Crippen LogP contribution in [0, 0.1) is 0 Å². The normalized spacial score (nSPS) is 12.9. The molecule has 0 aliphatic carbocycles. The van der Waals surface area contributed by atoms with Gasteiger partial charge in [0.25, 0.3) is 0 Å². The number of aromatic nitrogens is 1. The highest BCUT2D eigenvalue weighted by Gasteiger charge is 2.03. The molecule has 15 heavy (non-hydrogen) atoms. The SMILES string of the molecule is CC(Cc1ccsc1)NCc1ccc[nH]1. The van der Waals surface area contributed by atoms with Gasteiger partial charge in [0, 0.05) is 24.5 Å². The first-order valence-electron chi connectivity index (χ1n) is 5.21. The molecule has 2 rings (SSSR count). The van der Waals surface area contributed by atoms with Crippen LogP contribution in [0.3, 0.4) is 0 Å². The maximum absolute atomic E-state index is 3.50. The van der Waals surface area contributed by atoms with Gasteiger partial charge in [-0.3, -0.25) is 0 Å². The third-order valence-corrected chi connectivity index (χ3v) is 3.16. The second kappa shape index (κ2) is 5.14. The van der Waals surface area contributed by atoms with E-state index in [1.54, 1.807) is 11.3 Å². The highest BCUT2D eigenvalue weighted by Crippen LogP contribution is 2.08. The predicted octanol–water partition coefficient (Wildman–Crippen LogP) is 2.80. The van der Waals surface area contributed by atoms with Crippen molar-refractivity contribution in [2.75, 3.05) is 0 Å². The summed E-state index contributed by atoms with van der Waals surface area (Å²) in [6.07, 6.45) is 3.06. The highest BCUT2D eigenvalue weighted by atomic mass is 32.1. The average Bonchev–Trinajstić information content (AvgIpc) is 2.86. The number of H-pyrrole nitrogens is 1. The molecule has 0 fully saturated rings. The van der Waals surface area contributed by atoms with Crippen molar-refractivity contribution in [2.45, 2.75) is 25.9 Å². The second-order valence-corrected chi connectivity index (χ2v) is 4.59. The van der Waals surface area contributed by atoms with Crippen LogP contribution in [0.4, 0.5) is 0 Å². The van der Waals surface area contributed by atoms with Crippen molar-refractivity contribution in [1.29, 1.82) is 0 Å². The molecule has 0 spiro atoms. The molecule has 0 saturated heterocycles. The van der Waals surface area contributed by atoms with Crippen LogP contribution in [-0.2, 0) is 13.0 Å². The Balaban J connectivity index is 1.76. The van der Waals surface area contributed by atoms with Crippen molar-refractivity contribution in [3.63, 3.8) is 0 Å². The van der Waals surface area contributed by atoms with E-state index in [1.807, 2.05) is 12.3 Å². The lowest BCUT2D eigenvalue weighted by Crippen LogP contribution is -2.27. The van der Waals surface area contributed by atoms with Gasteiger partial charge in [0.05, 0.1) is 0 Å².